The monoisotopic (exact) mass is 275 g/mol. The van der Waals surface area contributed by atoms with Gasteiger partial charge >= 0.3 is 0 Å². The van der Waals surface area contributed by atoms with Crippen LogP contribution in [-0.4, -0.2) is 29.8 Å². The maximum absolute atomic E-state index is 11.3. The number of hydrogen-bond donors (Lipinski definition) is 1. The number of rotatable bonds is 1. The molecule has 2 aliphatic heterocycles. The molecule has 2 aliphatic rings. The summed E-state index contributed by atoms with van der Waals surface area (Å²) in [6, 6.07) is 6.49. The third-order valence-electron chi connectivity index (χ3n) is 3.66. The van der Waals surface area contributed by atoms with E-state index in [0.717, 1.165) is 24.2 Å². The zero-order valence-electron chi connectivity index (χ0n) is 11.1. The molecule has 1 unspecified atom stereocenters. The quantitative estimate of drug-likeness (QED) is 0.857. The molecule has 1 N–H and O–H groups in total. The van der Waals surface area contributed by atoms with E-state index in [0.29, 0.717) is 0 Å². The largest absolute Gasteiger partial charge is 0.374 e. The third-order valence-corrected chi connectivity index (χ3v) is 4.54. The first kappa shape index (κ1) is 12.5. The number of aryl methyl sites for hydroxylation is 1. The summed E-state index contributed by atoms with van der Waals surface area (Å²) in [7, 11) is 2.13. The lowest BCUT2D eigenvalue weighted by Gasteiger charge is -2.28. The lowest BCUT2D eigenvalue weighted by Crippen LogP contribution is -2.30. The van der Waals surface area contributed by atoms with Crippen LogP contribution in [0.1, 0.15) is 24.5 Å². The van der Waals surface area contributed by atoms with E-state index in [1.54, 1.807) is 0 Å². The summed E-state index contributed by atoms with van der Waals surface area (Å²) in [6.45, 7) is 3.14. The summed E-state index contributed by atoms with van der Waals surface area (Å²) >= 11 is 1.29. The molecule has 0 bridgehead atoms. The van der Waals surface area contributed by atoms with Crippen LogP contribution >= 0.6 is 11.8 Å². The van der Waals surface area contributed by atoms with Gasteiger partial charge in [0.2, 0.25) is 0 Å². The summed E-state index contributed by atoms with van der Waals surface area (Å²) in [5.74, 6) is 0. The average Bonchev–Trinajstić information content (AvgIpc) is 2.38. The van der Waals surface area contributed by atoms with Crippen molar-refractivity contribution >= 4 is 28.4 Å². The molecule has 19 heavy (non-hydrogen) atoms. The van der Waals surface area contributed by atoms with E-state index < -0.39 is 0 Å². The Kier molecular flexibility index (Phi) is 3.22. The molecule has 0 aromatic heterocycles. The van der Waals surface area contributed by atoms with Crippen molar-refractivity contribution in [1.82, 2.24) is 5.43 Å². The number of benzene rings is 1. The Bertz CT molecular complexity index is 556. The summed E-state index contributed by atoms with van der Waals surface area (Å²) in [5, 5.41) is 4.24. The van der Waals surface area contributed by atoms with Crippen molar-refractivity contribution in [3.05, 3.63) is 29.3 Å². The van der Waals surface area contributed by atoms with Gasteiger partial charge in [0.25, 0.3) is 5.24 Å². The minimum Gasteiger partial charge on any atom is -0.374 e. The van der Waals surface area contributed by atoms with Crippen LogP contribution in [0.15, 0.2) is 23.3 Å². The highest BCUT2D eigenvalue weighted by Crippen LogP contribution is 2.29. The number of fused-ring (bicyclic) bond motifs is 1. The van der Waals surface area contributed by atoms with Gasteiger partial charge in [-0.1, -0.05) is 17.8 Å². The van der Waals surface area contributed by atoms with Crippen LogP contribution < -0.4 is 10.3 Å². The molecule has 0 spiro atoms. The van der Waals surface area contributed by atoms with Crippen molar-refractivity contribution in [2.45, 2.75) is 25.0 Å². The van der Waals surface area contributed by atoms with Gasteiger partial charge in [0, 0.05) is 19.3 Å². The van der Waals surface area contributed by atoms with Crippen LogP contribution in [-0.2, 0) is 6.42 Å². The van der Waals surface area contributed by atoms with Gasteiger partial charge in [-0.3, -0.25) is 4.79 Å². The number of hydrogen-bond acceptors (Lipinski definition) is 4. The highest BCUT2D eigenvalue weighted by atomic mass is 32.2. The topological polar surface area (TPSA) is 44.7 Å². The minimum atomic E-state index is -0.0751. The molecular weight excluding hydrogens is 258 g/mol. The Morgan fingerprint density at radius 2 is 2.32 bits per heavy atom. The van der Waals surface area contributed by atoms with E-state index in [9.17, 15) is 4.79 Å². The molecule has 0 saturated heterocycles. The van der Waals surface area contributed by atoms with Gasteiger partial charge in [-0.25, -0.2) is 5.43 Å². The molecule has 4 nitrogen and oxygen atoms in total. The number of nitrogens with zero attached hydrogens (tertiary/aromatic N) is 2. The van der Waals surface area contributed by atoms with E-state index in [1.165, 1.54) is 29.4 Å². The Morgan fingerprint density at radius 3 is 3.11 bits per heavy atom. The number of thioether (sulfide) groups is 1. The number of carbonyl (C=O) groups is 1. The fourth-order valence-electron chi connectivity index (χ4n) is 2.68. The van der Waals surface area contributed by atoms with Crippen LogP contribution in [0.4, 0.5) is 10.5 Å². The fourth-order valence-corrected chi connectivity index (χ4v) is 3.40. The molecule has 100 valence electrons. The predicted molar refractivity (Wildman–Crippen MR) is 80.2 cm³/mol. The first-order chi connectivity index (χ1) is 9.15. The Morgan fingerprint density at radius 1 is 1.47 bits per heavy atom. The average molecular weight is 275 g/mol. The first-order valence-corrected chi connectivity index (χ1v) is 7.42. The lowest BCUT2D eigenvalue weighted by atomic mass is 9.97. The zero-order chi connectivity index (χ0) is 13.4. The summed E-state index contributed by atoms with van der Waals surface area (Å²) < 4.78 is 0. The van der Waals surface area contributed by atoms with Crippen molar-refractivity contribution in [2.24, 2.45) is 5.10 Å². The molecule has 0 aliphatic carbocycles. The number of hydrazone groups is 1. The molecular formula is C14H17N3OS. The van der Waals surface area contributed by atoms with E-state index in [-0.39, 0.29) is 10.5 Å². The van der Waals surface area contributed by atoms with Gasteiger partial charge in [-0.15, -0.1) is 0 Å². The summed E-state index contributed by atoms with van der Waals surface area (Å²) in [5.41, 5.74) is 7.32. The number of carbonyl (C=O) groups excluding carboxylic acids is 1. The van der Waals surface area contributed by atoms with Crippen LogP contribution in [0.2, 0.25) is 0 Å². The lowest BCUT2D eigenvalue weighted by molar-refractivity contribution is 0.261. The highest BCUT2D eigenvalue weighted by Gasteiger charge is 2.23. The molecule has 2 heterocycles. The Labute approximate surface area is 117 Å². The highest BCUT2D eigenvalue weighted by molar-refractivity contribution is 8.14. The van der Waals surface area contributed by atoms with E-state index in [4.69, 9.17) is 0 Å². The van der Waals surface area contributed by atoms with Crippen LogP contribution in [0.5, 0.6) is 0 Å². The summed E-state index contributed by atoms with van der Waals surface area (Å²) in [6.07, 6.45) is 2.31. The third kappa shape index (κ3) is 2.34. The Balaban J connectivity index is 1.96. The molecule has 1 aromatic rings. The normalized spacial score (nSPS) is 22.6. The van der Waals surface area contributed by atoms with Gasteiger partial charge in [0.15, 0.2) is 0 Å². The molecule has 1 amide bonds. The minimum absolute atomic E-state index is 0.0751. The number of anilines is 1. The van der Waals surface area contributed by atoms with Gasteiger partial charge in [-0.05, 0) is 43.0 Å². The molecule has 5 heteroatoms. The molecule has 1 atom stereocenters. The standard InChI is InChI=1S/C14H17N3OS/c1-9-13(15-16-14(18)19-9)11-5-6-12-10(8-11)4-3-7-17(12)2/h5-6,8-9H,3-4,7H2,1-2H3,(H,16,18). The SMILES string of the molecule is CC1SC(=O)NN=C1c1ccc2c(c1)CCCN2C. The zero-order valence-corrected chi connectivity index (χ0v) is 12.0. The van der Waals surface area contributed by atoms with Crippen molar-refractivity contribution in [3.63, 3.8) is 0 Å². The van der Waals surface area contributed by atoms with E-state index in [1.807, 2.05) is 6.92 Å². The second-order valence-corrected chi connectivity index (χ2v) is 6.34. The van der Waals surface area contributed by atoms with Crippen molar-refractivity contribution < 1.29 is 4.79 Å². The maximum Gasteiger partial charge on any atom is 0.299 e. The fraction of sp³-hybridized carbons (Fsp3) is 0.429. The smallest absolute Gasteiger partial charge is 0.299 e. The first-order valence-electron chi connectivity index (χ1n) is 6.54. The Hall–Kier alpha value is -1.49. The second kappa shape index (κ2) is 4.89. The van der Waals surface area contributed by atoms with Crippen molar-refractivity contribution in [1.29, 1.82) is 0 Å². The number of nitrogens with one attached hydrogen (secondary N) is 1. The molecule has 3 rings (SSSR count). The van der Waals surface area contributed by atoms with Crippen LogP contribution in [0, 0.1) is 0 Å². The summed E-state index contributed by atoms with van der Waals surface area (Å²) in [4.78, 5) is 13.6. The predicted octanol–water partition coefficient (Wildman–Crippen LogP) is 2.62. The van der Waals surface area contributed by atoms with E-state index in [2.05, 4.69) is 40.7 Å². The maximum atomic E-state index is 11.3. The molecule has 0 radical (unpaired) electrons. The molecule has 1 aromatic carbocycles. The van der Waals surface area contributed by atoms with E-state index >= 15 is 0 Å². The number of amides is 1. The molecule has 0 fully saturated rings. The second-order valence-electron chi connectivity index (χ2n) is 5.02. The molecule has 0 saturated carbocycles. The van der Waals surface area contributed by atoms with Gasteiger partial charge in [-0.2, -0.15) is 5.10 Å². The van der Waals surface area contributed by atoms with Gasteiger partial charge in [0.05, 0.1) is 11.0 Å². The van der Waals surface area contributed by atoms with Crippen molar-refractivity contribution in [3.8, 4) is 0 Å². The van der Waals surface area contributed by atoms with Gasteiger partial charge in [0.1, 0.15) is 0 Å². The van der Waals surface area contributed by atoms with Crippen LogP contribution in [0.3, 0.4) is 0 Å². The van der Waals surface area contributed by atoms with Crippen molar-refractivity contribution in [2.75, 3.05) is 18.5 Å². The van der Waals surface area contributed by atoms with Gasteiger partial charge < -0.3 is 4.90 Å². The van der Waals surface area contributed by atoms with Crippen LogP contribution in [0.25, 0.3) is 0 Å².